The van der Waals surface area contributed by atoms with Gasteiger partial charge in [0.2, 0.25) is 5.28 Å². The summed E-state index contributed by atoms with van der Waals surface area (Å²) in [5.41, 5.74) is 1.58. The van der Waals surface area contributed by atoms with E-state index < -0.39 is 5.82 Å². The molecule has 88 valence electrons. The Kier molecular flexibility index (Phi) is 3.24. The summed E-state index contributed by atoms with van der Waals surface area (Å²) in [4.78, 5) is 7.88. The summed E-state index contributed by atoms with van der Waals surface area (Å²) in [6.07, 6.45) is 1.56. The van der Waals surface area contributed by atoms with Gasteiger partial charge < -0.3 is 4.74 Å². The highest BCUT2D eigenvalue weighted by molar-refractivity contribution is 6.28. The Morgan fingerprint density at radius 2 is 2.12 bits per heavy atom. The van der Waals surface area contributed by atoms with Gasteiger partial charge in [0.25, 0.3) is 0 Å². The lowest BCUT2D eigenvalue weighted by Gasteiger charge is -2.08. The van der Waals surface area contributed by atoms with Crippen LogP contribution in [0.4, 0.5) is 4.39 Å². The summed E-state index contributed by atoms with van der Waals surface area (Å²) in [5, 5.41) is 0.0906. The normalized spacial score (nSPS) is 10.4. The first-order valence-electron chi connectivity index (χ1n) is 4.95. The summed E-state index contributed by atoms with van der Waals surface area (Å²) in [6.45, 7) is 1.80. The van der Waals surface area contributed by atoms with E-state index in [9.17, 15) is 4.39 Å². The van der Waals surface area contributed by atoms with Crippen molar-refractivity contribution in [1.29, 1.82) is 0 Å². The molecule has 0 saturated heterocycles. The fourth-order valence-electron chi connectivity index (χ4n) is 1.54. The average molecular weight is 253 g/mol. The minimum Gasteiger partial charge on any atom is -0.494 e. The molecule has 0 radical (unpaired) electrons. The van der Waals surface area contributed by atoms with Gasteiger partial charge in [0.1, 0.15) is 0 Å². The van der Waals surface area contributed by atoms with Gasteiger partial charge in [-0.25, -0.2) is 14.4 Å². The number of ether oxygens (including phenoxy) is 1. The number of benzene rings is 1. The molecule has 2 rings (SSSR count). The molecule has 0 aliphatic heterocycles. The zero-order chi connectivity index (χ0) is 12.4. The minimum atomic E-state index is -0.451. The largest absolute Gasteiger partial charge is 0.494 e. The fourth-order valence-corrected chi connectivity index (χ4v) is 1.68. The van der Waals surface area contributed by atoms with Crippen LogP contribution < -0.4 is 4.74 Å². The standard InChI is InChI=1S/C12H10ClFN2O/c1-7-6-15-12(13)16-11(7)8-4-3-5-9(17-2)10(8)14/h3-6H,1-2H3. The third-order valence-corrected chi connectivity index (χ3v) is 2.56. The van der Waals surface area contributed by atoms with Crippen molar-refractivity contribution < 1.29 is 9.13 Å². The van der Waals surface area contributed by atoms with E-state index in [2.05, 4.69) is 9.97 Å². The van der Waals surface area contributed by atoms with Crippen molar-refractivity contribution in [3.63, 3.8) is 0 Å². The second-order valence-corrected chi connectivity index (χ2v) is 3.83. The Morgan fingerprint density at radius 3 is 2.82 bits per heavy atom. The van der Waals surface area contributed by atoms with Crippen LogP contribution in [0.2, 0.25) is 5.28 Å². The van der Waals surface area contributed by atoms with Crippen LogP contribution in [0.15, 0.2) is 24.4 Å². The number of aryl methyl sites for hydroxylation is 1. The summed E-state index contributed by atoms with van der Waals surface area (Å²) < 4.78 is 19.0. The van der Waals surface area contributed by atoms with Crippen LogP contribution in [0, 0.1) is 12.7 Å². The topological polar surface area (TPSA) is 35.0 Å². The molecule has 17 heavy (non-hydrogen) atoms. The lowest BCUT2D eigenvalue weighted by atomic mass is 10.1. The third-order valence-electron chi connectivity index (χ3n) is 2.38. The van der Waals surface area contributed by atoms with Crippen LogP contribution in [-0.4, -0.2) is 17.1 Å². The van der Waals surface area contributed by atoms with Crippen LogP contribution in [0.1, 0.15) is 5.56 Å². The average Bonchev–Trinajstić information content (AvgIpc) is 2.33. The predicted octanol–water partition coefficient (Wildman–Crippen LogP) is 3.25. The van der Waals surface area contributed by atoms with Crippen molar-refractivity contribution in [2.75, 3.05) is 7.11 Å². The van der Waals surface area contributed by atoms with E-state index in [1.807, 2.05) is 0 Å². The van der Waals surface area contributed by atoms with E-state index in [1.165, 1.54) is 7.11 Å². The summed E-state index contributed by atoms with van der Waals surface area (Å²) >= 11 is 5.72. The lowest BCUT2D eigenvalue weighted by molar-refractivity contribution is 0.387. The van der Waals surface area contributed by atoms with Gasteiger partial charge in [-0.1, -0.05) is 6.07 Å². The predicted molar refractivity (Wildman–Crippen MR) is 63.7 cm³/mol. The molecular weight excluding hydrogens is 243 g/mol. The third kappa shape index (κ3) is 2.22. The first-order valence-corrected chi connectivity index (χ1v) is 5.33. The molecule has 0 saturated carbocycles. The van der Waals surface area contributed by atoms with E-state index >= 15 is 0 Å². The minimum absolute atomic E-state index is 0.0906. The first kappa shape index (κ1) is 11.8. The van der Waals surface area contributed by atoms with Crippen molar-refractivity contribution in [2.45, 2.75) is 6.92 Å². The number of hydrogen-bond acceptors (Lipinski definition) is 3. The van der Waals surface area contributed by atoms with Crippen molar-refractivity contribution >= 4 is 11.6 Å². The number of rotatable bonds is 2. The molecule has 1 aromatic carbocycles. The molecule has 0 bridgehead atoms. The number of hydrogen-bond donors (Lipinski definition) is 0. The maximum atomic E-state index is 14.0. The lowest BCUT2D eigenvalue weighted by Crippen LogP contribution is -1.96. The van der Waals surface area contributed by atoms with Crippen molar-refractivity contribution in [3.8, 4) is 17.0 Å². The summed E-state index contributed by atoms with van der Waals surface area (Å²) in [6, 6.07) is 4.88. The highest BCUT2D eigenvalue weighted by Gasteiger charge is 2.14. The Morgan fingerprint density at radius 1 is 1.35 bits per heavy atom. The monoisotopic (exact) mass is 252 g/mol. The summed E-state index contributed by atoms with van der Waals surface area (Å²) in [7, 11) is 1.42. The maximum Gasteiger partial charge on any atom is 0.222 e. The van der Waals surface area contributed by atoms with Gasteiger partial charge in [0.15, 0.2) is 11.6 Å². The van der Waals surface area contributed by atoms with Crippen LogP contribution in [-0.2, 0) is 0 Å². The Hall–Kier alpha value is -1.68. The van der Waals surface area contributed by atoms with Gasteiger partial charge in [-0.05, 0) is 36.2 Å². The van der Waals surface area contributed by atoms with Gasteiger partial charge >= 0.3 is 0 Å². The van der Waals surface area contributed by atoms with Crippen LogP contribution in [0.5, 0.6) is 5.75 Å². The molecule has 1 heterocycles. The van der Waals surface area contributed by atoms with Crippen molar-refractivity contribution in [3.05, 3.63) is 41.1 Å². The van der Waals surface area contributed by atoms with Gasteiger partial charge in [-0.3, -0.25) is 0 Å². The second kappa shape index (κ2) is 4.67. The van der Waals surface area contributed by atoms with E-state index in [1.54, 1.807) is 31.3 Å². The molecule has 0 amide bonds. The van der Waals surface area contributed by atoms with Gasteiger partial charge in [0.05, 0.1) is 12.8 Å². The van der Waals surface area contributed by atoms with E-state index in [0.29, 0.717) is 11.3 Å². The highest BCUT2D eigenvalue weighted by atomic mass is 35.5. The second-order valence-electron chi connectivity index (χ2n) is 3.49. The molecule has 0 spiro atoms. The Labute approximate surface area is 103 Å². The summed E-state index contributed by atoms with van der Waals surface area (Å²) in [5.74, 6) is -0.274. The molecule has 1 aromatic heterocycles. The maximum absolute atomic E-state index is 14.0. The van der Waals surface area contributed by atoms with E-state index in [0.717, 1.165) is 5.56 Å². The van der Waals surface area contributed by atoms with E-state index in [4.69, 9.17) is 16.3 Å². The molecular formula is C12H10ClFN2O. The fraction of sp³-hybridized carbons (Fsp3) is 0.167. The molecule has 0 unspecified atom stereocenters. The SMILES string of the molecule is COc1cccc(-c2nc(Cl)ncc2C)c1F. The molecule has 0 aliphatic rings. The number of halogens is 2. The van der Waals surface area contributed by atoms with Gasteiger partial charge in [-0.2, -0.15) is 0 Å². The van der Waals surface area contributed by atoms with Crippen LogP contribution in [0.3, 0.4) is 0 Å². The van der Waals surface area contributed by atoms with E-state index in [-0.39, 0.29) is 11.0 Å². The van der Waals surface area contributed by atoms with Gasteiger partial charge in [-0.15, -0.1) is 0 Å². The number of aromatic nitrogens is 2. The molecule has 0 aliphatic carbocycles. The molecule has 0 N–H and O–H groups in total. The molecule has 3 nitrogen and oxygen atoms in total. The van der Waals surface area contributed by atoms with Crippen molar-refractivity contribution in [1.82, 2.24) is 9.97 Å². The quantitative estimate of drug-likeness (QED) is 0.770. The smallest absolute Gasteiger partial charge is 0.222 e. The molecule has 2 aromatic rings. The van der Waals surface area contributed by atoms with Crippen molar-refractivity contribution in [2.24, 2.45) is 0 Å². The Balaban J connectivity index is 2.64. The highest BCUT2D eigenvalue weighted by Crippen LogP contribution is 2.29. The van der Waals surface area contributed by atoms with Crippen LogP contribution >= 0.6 is 11.6 Å². The Bertz CT molecular complexity index is 560. The zero-order valence-corrected chi connectivity index (χ0v) is 10.1. The molecule has 5 heteroatoms. The number of methoxy groups -OCH3 is 1. The molecule has 0 fully saturated rings. The molecule has 0 atom stereocenters. The first-order chi connectivity index (χ1) is 8.13. The van der Waals surface area contributed by atoms with Crippen LogP contribution in [0.25, 0.3) is 11.3 Å². The zero-order valence-electron chi connectivity index (χ0n) is 9.37. The number of nitrogens with zero attached hydrogens (tertiary/aromatic N) is 2. The van der Waals surface area contributed by atoms with Gasteiger partial charge in [0, 0.05) is 11.8 Å².